The summed E-state index contributed by atoms with van der Waals surface area (Å²) in [6.07, 6.45) is 9.81. The van der Waals surface area contributed by atoms with E-state index in [9.17, 15) is 0 Å². The molecule has 0 bridgehead atoms. The van der Waals surface area contributed by atoms with E-state index in [1.807, 2.05) is 18.5 Å². The van der Waals surface area contributed by atoms with Crippen LogP contribution >= 0.6 is 0 Å². The Kier molecular flexibility index (Phi) is 4.07. The maximum Gasteiger partial charge on any atom is 0.0300 e. The number of hydrogen-bond acceptors (Lipinski definition) is 2. The minimum Gasteiger partial charge on any atom is -0.330 e. The maximum atomic E-state index is 6.14. The van der Waals surface area contributed by atoms with Crippen LogP contribution in [-0.2, 0) is 24.7 Å². The summed E-state index contributed by atoms with van der Waals surface area (Å²) in [5, 5.41) is 0. The summed E-state index contributed by atoms with van der Waals surface area (Å²) in [5.41, 5.74) is 11.8. The second-order valence-corrected chi connectivity index (χ2v) is 6.49. The first-order chi connectivity index (χ1) is 10.2. The molecule has 1 heterocycles. The van der Waals surface area contributed by atoms with Crippen molar-refractivity contribution in [2.75, 3.05) is 6.54 Å². The van der Waals surface area contributed by atoms with E-state index in [1.54, 1.807) is 0 Å². The number of pyridine rings is 1. The van der Waals surface area contributed by atoms with E-state index in [-0.39, 0.29) is 5.41 Å². The van der Waals surface area contributed by atoms with Crippen LogP contribution in [0.25, 0.3) is 0 Å². The van der Waals surface area contributed by atoms with Crippen LogP contribution in [0.5, 0.6) is 0 Å². The van der Waals surface area contributed by atoms with Gasteiger partial charge in [-0.05, 0) is 60.4 Å². The summed E-state index contributed by atoms with van der Waals surface area (Å²) in [7, 11) is 0. The standard InChI is InChI=1S/C19H24N2/c1-19(14-20,12-15-5-4-10-21-13-15)18-9-8-16-6-2-3-7-17(16)11-18/h4-5,8-11,13H,2-3,6-7,12,14,20H2,1H3. The smallest absolute Gasteiger partial charge is 0.0300 e. The lowest BCUT2D eigenvalue weighted by molar-refractivity contribution is 0.479. The molecule has 1 aromatic carbocycles. The number of hydrogen-bond donors (Lipinski definition) is 1. The Morgan fingerprint density at radius 2 is 1.95 bits per heavy atom. The summed E-state index contributed by atoms with van der Waals surface area (Å²) in [6, 6.07) is 11.1. The van der Waals surface area contributed by atoms with Crippen LogP contribution in [0.4, 0.5) is 0 Å². The van der Waals surface area contributed by atoms with Crippen molar-refractivity contribution in [3.05, 3.63) is 65.0 Å². The molecule has 1 atom stereocenters. The Hall–Kier alpha value is -1.67. The SMILES string of the molecule is CC(CN)(Cc1cccnc1)c1ccc2c(c1)CCCC2. The summed E-state index contributed by atoms with van der Waals surface area (Å²) in [6.45, 7) is 2.92. The van der Waals surface area contributed by atoms with Gasteiger partial charge >= 0.3 is 0 Å². The van der Waals surface area contributed by atoms with Crippen molar-refractivity contribution in [3.63, 3.8) is 0 Å². The van der Waals surface area contributed by atoms with Gasteiger partial charge in [0, 0.05) is 24.4 Å². The third kappa shape index (κ3) is 3.01. The largest absolute Gasteiger partial charge is 0.330 e. The van der Waals surface area contributed by atoms with Gasteiger partial charge in [-0.25, -0.2) is 0 Å². The molecular weight excluding hydrogens is 256 g/mol. The van der Waals surface area contributed by atoms with Gasteiger partial charge in [0.25, 0.3) is 0 Å². The van der Waals surface area contributed by atoms with E-state index in [4.69, 9.17) is 5.73 Å². The first-order valence-corrected chi connectivity index (χ1v) is 7.92. The fourth-order valence-corrected chi connectivity index (χ4v) is 3.35. The van der Waals surface area contributed by atoms with Gasteiger partial charge in [0.15, 0.2) is 0 Å². The molecule has 21 heavy (non-hydrogen) atoms. The van der Waals surface area contributed by atoms with Gasteiger partial charge in [0.1, 0.15) is 0 Å². The number of fused-ring (bicyclic) bond motifs is 1. The van der Waals surface area contributed by atoms with E-state index in [1.165, 1.54) is 47.9 Å². The van der Waals surface area contributed by atoms with Gasteiger partial charge in [-0.1, -0.05) is 31.2 Å². The minimum absolute atomic E-state index is 0.0183. The summed E-state index contributed by atoms with van der Waals surface area (Å²) in [4.78, 5) is 4.23. The number of benzene rings is 1. The zero-order chi connectivity index (χ0) is 14.7. The van der Waals surface area contributed by atoms with Crippen molar-refractivity contribution < 1.29 is 0 Å². The average molecular weight is 280 g/mol. The molecule has 2 aromatic rings. The van der Waals surface area contributed by atoms with Gasteiger partial charge in [-0.3, -0.25) is 4.98 Å². The first-order valence-electron chi connectivity index (χ1n) is 7.92. The normalized spacial score (nSPS) is 17.0. The molecule has 2 heteroatoms. The molecule has 2 N–H and O–H groups in total. The van der Waals surface area contributed by atoms with Crippen LogP contribution in [0.2, 0.25) is 0 Å². The van der Waals surface area contributed by atoms with Crippen molar-refractivity contribution in [2.45, 2.75) is 44.4 Å². The van der Waals surface area contributed by atoms with Gasteiger partial charge < -0.3 is 5.73 Å². The summed E-state index contributed by atoms with van der Waals surface area (Å²) < 4.78 is 0. The zero-order valence-electron chi connectivity index (χ0n) is 12.8. The fourth-order valence-electron chi connectivity index (χ4n) is 3.35. The Morgan fingerprint density at radius 3 is 2.67 bits per heavy atom. The van der Waals surface area contributed by atoms with Gasteiger partial charge in [-0.2, -0.15) is 0 Å². The molecular formula is C19H24N2. The minimum atomic E-state index is -0.0183. The molecule has 0 fully saturated rings. The van der Waals surface area contributed by atoms with Crippen molar-refractivity contribution in [2.24, 2.45) is 5.73 Å². The molecule has 1 aromatic heterocycles. The number of aryl methyl sites for hydroxylation is 2. The van der Waals surface area contributed by atoms with Crippen molar-refractivity contribution in [3.8, 4) is 0 Å². The lowest BCUT2D eigenvalue weighted by atomic mass is 9.75. The molecule has 1 unspecified atom stereocenters. The third-order valence-electron chi connectivity index (χ3n) is 4.81. The number of rotatable bonds is 4. The van der Waals surface area contributed by atoms with Crippen LogP contribution in [0.1, 0.15) is 42.0 Å². The molecule has 1 aliphatic carbocycles. The van der Waals surface area contributed by atoms with Gasteiger partial charge in [-0.15, -0.1) is 0 Å². The molecule has 3 rings (SSSR count). The van der Waals surface area contributed by atoms with Crippen molar-refractivity contribution >= 4 is 0 Å². The van der Waals surface area contributed by atoms with Crippen LogP contribution in [0.3, 0.4) is 0 Å². The predicted molar refractivity (Wildman–Crippen MR) is 87.4 cm³/mol. The average Bonchev–Trinajstić information content (AvgIpc) is 2.55. The molecule has 0 spiro atoms. The molecule has 0 saturated carbocycles. The lowest BCUT2D eigenvalue weighted by Gasteiger charge is -2.30. The molecule has 0 amide bonds. The summed E-state index contributed by atoms with van der Waals surface area (Å²) >= 11 is 0. The Labute approximate surface area is 127 Å². The monoisotopic (exact) mass is 280 g/mol. The van der Waals surface area contributed by atoms with Crippen LogP contribution in [0, 0.1) is 0 Å². The predicted octanol–water partition coefficient (Wildman–Crippen LogP) is 3.42. The van der Waals surface area contributed by atoms with E-state index >= 15 is 0 Å². The number of nitrogens with zero attached hydrogens (tertiary/aromatic N) is 1. The number of nitrogens with two attached hydrogens (primary N) is 1. The van der Waals surface area contributed by atoms with Gasteiger partial charge in [0.2, 0.25) is 0 Å². The molecule has 1 aliphatic rings. The summed E-state index contributed by atoms with van der Waals surface area (Å²) in [5.74, 6) is 0. The van der Waals surface area contributed by atoms with Crippen molar-refractivity contribution in [1.29, 1.82) is 0 Å². The first kappa shape index (κ1) is 14.3. The molecule has 0 aliphatic heterocycles. The maximum absolute atomic E-state index is 6.14. The van der Waals surface area contributed by atoms with Crippen LogP contribution in [-0.4, -0.2) is 11.5 Å². The Balaban J connectivity index is 1.91. The highest BCUT2D eigenvalue weighted by Gasteiger charge is 2.26. The highest BCUT2D eigenvalue weighted by atomic mass is 14.6. The topological polar surface area (TPSA) is 38.9 Å². The quantitative estimate of drug-likeness (QED) is 0.932. The molecule has 2 nitrogen and oxygen atoms in total. The van der Waals surface area contributed by atoms with Gasteiger partial charge in [0.05, 0.1) is 0 Å². The fraction of sp³-hybridized carbons (Fsp3) is 0.421. The van der Waals surface area contributed by atoms with Crippen LogP contribution in [0.15, 0.2) is 42.7 Å². The van der Waals surface area contributed by atoms with E-state index in [0.29, 0.717) is 6.54 Å². The third-order valence-corrected chi connectivity index (χ3v) is 4.81. The lowest BCUT2D eigenvalue weighted by Crippen LogP contribution is -2.34. The second kappa shape index (κ2) is 5.98. The highest BCUT2D eigenvalue weighted by molar-refractivity contribution is 5.38. The Morgan fingerprint density at radius 1 is 1.14 bits per heavy atom. The highest BCUT2D eigenvalue weighted by Crippen LogP contribution is 2.31. The van der Waals surface area contributed by atoms with E-state index in [2.05, 4.69) is 36.2 Å². The molecule has 0 saturated heterocycles. The Bertz CT molecular complexity index is 606. The van der Waals surface area contributed by atoms with E-state index in [0.717, 1.165) is 6.42 Å². The van der Waals surface area contributed by atoms with Crippen molar-refractivity contribution in [1.82, 2.24) is 4.98 Å². The van der Waals surface area contributed by atoms with E-state index < -0.39 is 0 Å². The number of aromatic nitrogens is 1. The zero-order valence-corrected chi connectivity index (χ0v) is 12.8. The second-order valence-electron chi connectivity index (χ2n) is 6.49. The molecule has 0 radical (unpaired) electrons. The van der Waals surface area contributed by atoms with Crippen LogP contribution < -0.4 is 5.73 Å². The molecule has 110 valence electrons.